The van der Waals surface area contributed by atoms with Crippen molar-refractivity contribution in [3.8, 4) is 0 Å². The maximum atomic E-state index is 11.9. The van der Waals surface area contributed by atoms with E-state index in [9.17, 15) is 4.79 Å². The van der Waals surface area contributed by atoms with Crippen molar-refractivity contribution in [1.29, 1.82) is 0 Å². The number of amides is 2. The van der Waals surface area contributed by atoms with Crippen molar-refractivity contribution in [3.63, 3.8) is 0 Å². The first-order valence-corrected chi connectivity index (χ1v) is 7.91. The smallest absolute Gasteiger partial charge is 0.319 e. The second-order valence-electron chi connectivity index (χ2n) is 6.66. The zero-order chi connectivity index (χ0) is 16.0. The van der Waals surface area contributed by atoms with Gasteiger partial charge in [0.15, 0.2) is 0 Å². The first-order chi connectivity index (χ1) is 10.4. The number of rotatable bonds is 4. The van der Waals surface area contributed by atoms with Gasteiger partial charge in [-0.1, -0.05) is 32.9 Å². The van der Waals surface area contributed by atoms with Crippen LogP contribution in [0.15, 0.2) is 24.3 Å². The first kappa shape index (κ1) is 16.8. The minimum atomic E-state index is -0.156. The van der Waals surface area contributed by atoms with Crippen molar-refractivity contribution in [2.45, 2.75) is 26.2 Å². The van der Waals surface area contributed by atoms with Gasteiger partial charge in [-0.05, 0) is 23.1 Å². The molecule has 1 aromatic rings. The third-order valence-electron chi connectivity index (χ3n) is 3.83. The molecule has 1 heterocycles. The number of nitrogens with one attached hydrogen (secondary N) is 2. The van der Waals surface area contributed by atoms with E-state index < -0.39 is 0 Å². The Morgan fingerprint density at radius 3 is 2.41 bits per heavy atom. The Bertz CT molecular complexity index is 474. The van der Waals surface area contributed by atoms with Gasteiger partial charge < -0.3 is 15.4 Å². The van der Waals surface area contributed by atoms with Crippen LogP contribution in [0.5, 0.6) is 0 Å². The van der Waals surface area contributed by atoms with Crippen molar-refractivity contribution in [2.75, 3.05) is 44.7 Å². The van der Waals surface area contributed by atoms with Crippen LogP contribution in [0.3, 0.4) is 0 Å². The van der Waals surface area contributed by atoms with Crippen LogP contribution in [0.2, 0.25) is 0 Å². The van der Waals surface area contributed by atoms with Gasteiger partial charge in [-0.2, -0.15) is 0 Å². The molecule has 0 atom stereocenters. The average Bonchev–Trinajstić information content (AvgIpc) is 2.48. The molecular formula is C17H27N3O2. The van der Waals surface area contributed by atoms with Crippen molar-refractivity contribution in [2.24, 2.45) is 0 Å². The highest BCUT2D eigenvalue weighted by Crippen LogP contribution is 2.23. The van der Waals surface area contributed by atoms with E-state index >= 15 is 0 Å². The fourth-order valence-electron chi connectivity index (χ4n) is 2.38. The van der Waals surface area contributed by atoms with Gasteiger partial charge in [0.2, 0.25) is 0 Å². The Hall–Kier alpha value is -1.59. The predicted molar refractivity (Wildman–Crippen MR) is 89.4 cm³/mol. The van der Waals surface area contributed by atoms with Crippen LogP contribution in [0.4, 0.5) is 10.5 Å². The molecule has 2 N–H and O–H groups in total. The Morgan fingerprint density at radius 1 is 1.18 bits per heavy atom. The largest absolute Gasteiger partial charge is 0.379 e. The summed E-state index contributed by atoms with van der Waals surface area (Å²) in [6, 6.07) is 7.86. The van der Waals surface area contributed by atoms with E-state index in [4.69, 9.17) is 4.74 Å². The summed E-state index contributed by atoms with van der Waals surface area (Å²) in [6.45, 7) is 11.5. The van der Waals surface area contributed by atoms with Gasteiger partial charge in [-0.15, -0.1) is 0 Å². The summed E-state index contributed by atoms with van der Waals surface area (Å²) >= 11 is 0. The molecular weight excluding hydrogens is 278 g/mol. The van der Waals surface area contributed by atoms with E-state index in [1.165, 1.54) is 5.56 Å². The summed E-state index contributed by atoms with van der Waals surface area (Å²) in [7, 11) is 0. The SMILES string of the molecule is CC(C)(C)c1ccc(NC(=O)NCCN2CCOCC2)cc1. The van der Waals surface area contributed by atoms with Crippen LogP contribution >= 0.6 is 0 Å². The van der Waals surface area contributed by atoms with Crippen LogP contribution in [0, 0.1) is 0 Å². The lowest BCUT2D eigenvalue weighted by molar-refractivity contribution is 0.0388. The number of carbonyl (C=O) groups is 1. The first-order valence-electron chi connectivity index (χ1n) is 7.91. The summed E-state index contributed by atoms with van der Waals surface area (Å²) < 4.78 is 5.30. The van der Waals surface area contributed by atoms with E-state index in [0.29, 0.717) is 6.54 Å². The van der Waals surface area contributed by atoms with E-state index in [2.05, 4.69) is 48.4 Å². The van der Waals surface area contributed by atoms with Crippen molar-refractivity contribution in [1.82, 2.24) is 10.2 Å². The zero-order valence-electron chi connectivity index (χ0n) is 13.8. The molecule has 0 saturated carbocycles. The van der Waals surface area contributed by atoms with E-state index in [1.54, 1.807) is 0 Å². The molecule has 0 aliphatic carbocycles. The number of hydrogen-bond donors (Lipinski definition) is 2. The molecule has 0 unspecified atom stereocenters. The summed E-state index contributed by atoms with van der Waals surface area (Å²) in [6.07, 6.45) is 0. The van der Waals surface area contributed by atoms with E-state index in [0.717, 1.165) is 38.5 Å². The number of benzene rings is 1. The van der Waals surface area contributed by atoms with Gasteiger partial charge in [0.1, 0.15) is 0 Å². The number of anilines is 1. The molecule has 2 rings (SSSR count). The molecule has 1 aromatic carbocycles. The molecule has 1 aliphatic heterocycles. The lowest BCUT2D eigenvalue weighted by Crippen LogP contribution is -2.42. The number of urea groups is 1. The fraction of sp³-hybridized carbons (Fsp3) is 0.588. The highest BCUT2D eigenvalue weighted by atomic mass is 16.5. The van der Waals surface area contributed by atoms with E-state index in [1.807, 2.05) is 12.1 Å². The maximum absolute atomic E-state index is 11.9. The second-order valence-corrected chi connectivity index (χ2v) is 6.66. The van der Waals surface area contributed by atoms with Gasteiger partial charge in [0.25, 0.3) is 0 Å². The molecule has 0 radical (unpaired) electrons. The van der Waals surface area contributed by atoms with Gasteiger partial charge in [-0.3, -0.25) is 4.90 Å². The summed E-state index contributed by atoms with van der Waals surface area (Å²) in [5.74, 6) is 0. The Labute approximate surface area is 133 Å². The van der Waals surface area contributed by atoms with E-state index in [-0.39, 0.29) is 11.4 Å². The van der Waals surface area contributed by atoms with Crippen LogP contribution in [-0.4, -0.2) is 50.3 Å². The van der Waals surface area contributed by atoms with Gasteiger partial charge in [-0.25, -0.2) is 4.79 Å². The number of carbonyl (C=O) groups excluding carboxylic acids is 1. The number of morpholine rings is 1. The quantitative estimate of drug-likeness (QED) is 0.898. The molecule has 0 aromatic heterocycles. The molecule has 22 heavy (non-hydrogen) atoms. The topological polar surface area (TPSA) is 53.6 Å². The molecule has 122 valence electrons. The Kier molecular flexibility index (Phi) is 5.80. The third-order valence-corrected chi connectivity index (χ3v) is 3.83. The van der Waals surface area contributed by atoms with Crippen LogP contribution in [0.1, 0.15) is 26.3 Å². The molecule has 5 heteroatoms. The minimum Gasteiger partial charge on any atom is -0.379 e. The summed E-state index contributed by atoms with van der Waals surface area (Å²) in [5.41, 5.74) is 2.20. The minimum absolute atomic E-state index is 0.124. The van der Waals surface area contributed by atoms with Gasteiger partial charge in [0, 0.05) is 31.9 Å². The standard InChI is InChI=1S/C17H27N3O2/c1-17(2,3)14-4-6-15(7-5-14)19-16(21)18-8-9-20-10-12-22-13-11-20/h4-7H,8-13H2,1-3H3,(H2,18,19,21). The number of nitrogens with zero attached hydrogens (tertiary/aromatic N) is 1. The Morgan fingerprint density at radius 2 is 1.82 bits per heavy atom. The number of ether oxygens (including phenoxy) is 1. The summed E-state index contributed by atoms with van der Waals surface area (Å²) in [4.78, 5) is 14.2. The van der Waals surface area contributed by atoms with Gasteiger partial charge >= 0.3 is 6.03 Å². The summed E-state index contributed by atoms with van der Waals surface area (Å²) in [5, 5.41) is 5.76. The lowest BCUT2D eigenvalue weighted by Gasteiger charge is -2.26. The van der Waals surface area contributed by atoms with Crippen LogP contribution < -0.4 is 10.6 Å². The highest BCUT2D eigenvalue weighted by Gasteiger charge is 2.13. The third kappa shape index (κ3) is 5.31. The molecule has 2 amide bonds. The fourth-order valence-corrected chi connectivity index (χ4v) is 2.38. The average molecular weight is 305 g/mol. The van der Waals surface area contributed by atoms with Gasteiger partial charge in [0.05, 0.1) is 13.2 Å². The highest BCUT2D eigenvalue weighted by molar-refractivity contribution is 5.89. The molecule has 1 fully saturated rings. The molecule has 0 bridgehead atoms. The predicted octanol–water partition coefficient (Wildman–Crippen LogP) is 2.44. The monoisotopic (exact) mass is 305 g/mol. The second kappa shape index (κ2) is 7.61. The molecule has 0 spiro atoms. The van der Waals surface area contributed by atoms with Crippen molar-refractivity contribution < 1.29 is 9.53 Å². The molecule has 1 saturated heterocycles. The Balaban J connectivity index is 1.72. The van der Waals surface area contributed by atoms with Crippen molar-refractivity contribution >= 4 is 11.7 Å². The number of hydrogen-bond acceptors (Lipinski definition) is 3. The van der Waals surface area contributed by atoms with Crippen LogP contribution in [-0.2, 0) is 10.2 Å². The lowest BCUT2D eigenvalue weighted by atomic mass is 9.87. The molecule has 5 nitrogen and oxygen atoms in total. The van der Waals surface area contributed by atoms with Crippen molar-refractivity contribution in [3.05, 3.63) is 29.8 Å². The zero-order valence-corrected chi connectivity index (χ0v) is 13.8. The normalized spacial score (nSPS) is 16.3. The van der Waals surface area contributed by atoms with Crippen LogP contribution in [0.25, 0.3) is 0 Å². The maximum Gasteiger partial charge on any atom is 0.319 e. The molecule has 1 aliphatic rings.